The minimum atomic E-state index is -0.651. The molecule has 7 nitrogen and oxygen atoms in total. The van der Waals surface area contributed by atoms with Gasteiger partial charge in [-0.2, -0.15) is 0 Å². The van der Waals surface area contributed by atoms with Crippen molar-refractivity contribution in [3.8, 4) is 5.75 Å². The summed E-state index contributed by atoms with van der Waals surface area (Å²) in [4.78, 5) is 30.2. The van der Waals surface area contributed by atoms with E-state index in [-0.39, 0.29) is 11.5 Å². The van der Waals surface area contributed by atoms with Crippen LogP contribution in [0.4, 0.5) is 0 Å². The number of hydrogen-bond donors (Lipinski definition) is 1. The van der Waals surface area contributed by atoms with E-state index < -0.39 is 6.10 Å². The summed E-state index contributed by atoms with van der Waals surface area (Å²) in [5.41, 5.74) is 2.31. The monoisotopic (exact) mass is 429 g/mol. The van der Waals surface area contributed by atoms with Gasteiger partial charge in [-0.05, 0) is 43.7 Å². The highest BCUT2D eigenvalue weighted by Crippen LogP contribution is 2.34. The molecule has 0 aliphatic rings. The number of benzene rings is 2. The third-order valence-corrected chi connectivity index (χ3v) is 5.77. The number of nitrogens with one attached hydrogen (secondary N) is 1. The smallest absolute Gasteiger partial charge is 0.263 e. The second kappa shape index (κ2) is 8.09. The van der Waals surface area contributed by atoms with Crippen molar-refractivity contribution in [2.24, 2.45) is 0 Å². The summed E-state index contributed by atoms with van der Waals surface area (Å²) in [6.45, 7) is 2.84. The Morgan fingerprint density at radius 2 is 1.91 bits per heavy atom. The number of aromatic nitrogens is 2. The minimum Gasteiger partial charge on any atom is -0.481 e. The van der Waals surface area contributed by atoms with E-state index in [0.29, 0.717) is 24.3 Å². The summed E-state index contributed by atoms with van der Waals surface area (Å²) >= 11 is 0. The molecule has 1 N–H and O–H groups in total. The van der Waals surface area contributed by atoms with Crippen LogP contribution in [0.15, 0.2) is 59.5 Å². The van der Waals surface area contributed by atoms with Crippen LogP contribution in [0.5, 0.6) is 5.75 Å². The molecule has 3 aromatic heterocycles. The topological polar surface area (TPSA) is 81.9 Å². The molecule has 0 saturated heterocycles. The first-order valence-corrected chi connectivity index (χ1v) is 10.6. The molecule has 0 aliphatic heterocycles. The van der Waals surface area contributed by atoms with Gasteiger partial charge in [-0.3, -0.25) is 19.0 Å². The van der Waals surface area contributed by atoms with Crippen LogP contribution in [0, 0.1) is 0 Å². The van der Waals surface area contributed by atoms with Crippen molar-refractivity contribution in [3.63, 3.8) is 0 Å². The van der Waals surface area contributed by atoms with E-state index in [0.717, 1.165) is 39.1 Å². The molecule has 32 heavy (non-hydrogen) atoms. The van der Waals surface area contributed by atoms with Crippen molar-refractivity contribution in [1.29, 1.82) is 0 Å². The molecule has 0 bridgehead atoms. The zero-order valence-electron chi connectivity index (χ0n) is 17.9. The Morgan fingerprint density at radius 3 is 2.72 bits per heavy atom. The van der Waals surface area contributed by atoms with E-state index in [1.54, 1.807) is 30.7 Å². The first kappa shape index (κ1) is 20.2. The minimum absolute atomic E-state index is 0.0708. The van der Waals surface area contributed by atoms with Crippen molar-refractivity contribution in [2.75, 3.05) is 20.3 Å². The fourth-order valence-corrected chi connectivity index (χ4v) is 4.25. The largest absolute Gasteiger partial charge is 0.481 e. The molecule has 1 amide bonds. The van der Waals surface area contributed by atoms with Crippen LogP contribution in [0.1, 0.15) is 13.3 Å². The average molecular weight is 429 g/mol. The van der Waals surface area contributed by atoms with Crippen LogP contribution in [0.3, 0.4) is 0 Å². The third kappa shape index (κ3) is 3.22. The molecular weight excluding hydrogens is 406 g/mol. The number of methoxy groups -OCH3 is 1. The van der Waals surface area contributed by atoms with Gasteiger partial charge in [-0.25, -0.2) is 0 Å². The average Bonchev–Trinajstić information content (AvgIpc) is 3.15. The predicted octanol–water partition coefficient (Wildman–Crippen LogP) is 3.51. The molecule has 7 heteroatoms. The van der Waals surface area contributed by atoms with Crippen LogP contribution >= 0.6 is 0 Å². The van der Waals surface area contributed by atoms with Gasteiger partial charge >= 0.3 is 0 Å². The number of hydrogen-bond acceptors (Lipinski definition) is 5. The molecule has 1 atom stereocenters. The van der Waals surface area contributed by atoms with Crippen LogP contribution in [0.25, 0.3) is 38.1 Å². The van der Waals surface area contributed by atoms with Crippen LogP contribution in [-0.2, 0) is 9.53 Å². The molecule has 2 aromatic carbocycles. The number of ether oxygens (including phenoxy) is 2. The first-order valence-electron chi connectivity index (χ1n) is 10.6. The van der Waals surface area contributed by atoms with Gasteiger partial charge in [0.2, 0.25) is 0 Å². The van der Waals surface area contributed by atoms with E-state index in [2.05, 4.69) is 10.3 Å². The Balaban J connectivity index is 1.57. The summed E-state index contributed by atoms with van der Waals surface area (Å²) < 4.78 is 12.6. The fraction of sp³-hybridized carbons (Fsp3) is 0.240. The molecule has 5 rings (SSSR count). The number of fused-ring (bicyclic) bond motifs is 5. The quantitative estimate of drug-likeness (QED) is 0.316. The second-order valence-corrected chi connectivity index (χ2v) is 7.82. The molecule has 0 radical (unpaired) electrons. The molecule has 3 heterocycles. The van der Waals surface area contributed by atoms with Crippen LogP contribution in [0.2, 0.25) is 0 Å². The van der Waals surface area contributed by atoms with Gasteiger partial charge < -0.3 is 14.8 Å². The molecule has 162 valence electrons. The van der Waals surface area contributed by atoms with Gasteiger partial charge in [-0.1, -0.05) is 18.2 Å². The Morgan fingerprint density at radius 1 is 1.09 bits per heavy atom. The van der Waals surface area contributed by atoms with E-state index in [1.807, 2.05) is 42.5 Å². The Hall–Kier alpha value is -3.71. The highest BCUT2D eigenvalue weighted by molar-refractivity contribution is 6.18. The summed E-state index contributed by atoms with van der Waals surface area (Å²) in [6.07, 6.45) is 1.85. The zero-order valence-corrected chi connectivity index (χ0v) is 17.9. The van der Waals surface area contributed by atoms with Gasteiger partial charge in [0.15, 0.2) is 6.10 Å². The first-order chi connectivity index (χ1) is 15.6. The number of nitrogens with zero attached hydrogens (tertiary/aromatic N) is 2. The fourth-order valence-electron chi connectivity index (χ4n) is 4.25. The lowest BCUT2D eigenvalue weighted by atomic mass is 10.1. The summed E-state index contributed by atoms with van der Waals surface area (Å²) in [5, 5.41) is 6.14. The van der Waals surface area contributed by atoms with E-state index in [4.69, 9.17) is 9.47 Å². The molecule has 0 fully saturated rings. The van der Waals surface area contributed by atoms with Gasteiger partial charge in [0.1, 0.15) is 5.75 Å². The summed E-state index contributed by atoms with van der Waals surface area (Å²) in [7, 11) is 1.63. The van der Waals surface area contributed by atoms with Crippen molar-refractivity contribution in [3.05, 3.63) is 65.1 Å². The maximum Gasteiger partial charge on any atom is 0.263 e. The standard InChI is InChI=1S/C25H23N3O4/c1-15(24(29)27-11-5-13-31-2)32-16-8-9-21-20(14-16)18-10-12-26-22-17-6-3-4-7-19(17)25(30)28(21)23(18)22/h3-4,6-10,12,14-15H,5,11,13H2,1-2H3,(H,27,29). The van der Waals surface area contributed by atoms with E-state index in [1.165, 1.54) is 0 Å². The Kier molecular flexibility index (Phi) is 5.11. The van der Waals surface area contributed by atoms with Crippen LogP contribution in [-0.4, -0.2) is 41.7 Å². The van der Waals surface area contributed by atoms with Gasteiger partial charge in [0.05, 0.1) is 16.6 Å². The maximum atomic E-state index is 13.3. The highest BCUT2D eigenvalue weighted by Gasteiger charge is 2.19. The number of carbonyl (C=O) groups excluding carboxylic acids is 1. The third-order valence-electron chi connectivity index (χ3n) is 5.77. The molecule has 0 spiro atoms. The van der Waals surface area contributed by atoms with Crippen molar-refractivity contribution < 1.29 is 14.3 Å². The molecule has 0 aliphatic carbocycles. The molecular formula is C25H23N3O4. The lowest BCUT2D eigenvalue weighted by Gasteiger charge is -2.14. The molecule has 5 aromatic rings. The van der Waals surface area contributed by atoms with E-state index >= 15 is 0 Å². The van der Waals surface area contributed by atoms with Gasteiger partial charge in [0, 0.05) is 48.0 Å². The second-order valence-electron chi connectivity index (χ2n) is 7.82. The Bertz CT molecular complexity index is 1510. The van der Waals surface area contributed by atoms with Crippen molar-refractivity contribution >= 4 is 44.0 Å². The Labute approximate surface area is 183 Å². The maximum absolute atomic E-state index is 13.3. The van der Waals surface area contributed by atoms with Gasteiger partial charge in [-0.15, -0.1) is 0 Å². The SMILES string of the molecule is COCCCNC(=O)C(C)Oc1ccc2c(c1)c1ccnc3c4ccccc4c(=O)n2c13. The predicted molar refractivity (Wildman–Crippen MR) is 125 cm³/mol. The number of rotatable bonds is 7. The lowest BCUT2D eigenvalue weighted by Crippen LogP contribution is -2.37. The molecule has 0 saturated carbocycles. The van der Waals surface area contributed by atoms with E-state index in [9.17, 15) is 9.59 Å². The van der Waals surface area contributed by atoms with Crippen LogP contribution < -0.4 is 15.6 Å². The van der Waals surface area contributed by atoms with Crippen molar-refractivity contribution in [1.82, 2.24) is 14.7 Å². The number of pyridine rings is 2. The number of amides is 1. The zero-order chi connectivity index (χ0) is 22.2. The van der Waals surface area contributed by atoms with Gasteiger partial charge in [0.25, 0.3) is 11.5 Å². The summed E-state index contributed by atoms with van der Waals surface area (Å²) in [5.74, 6) is 0.386. The summed E-state index contributed by atoms with van der Waals surface area (Å²) in [6, 6.07) is 15.0. The van der Waals surface area contributed by atoms with Crippen molar-refractivity contribution in [2.45, 2.75) is 19.4 Å². The number of carbonyl (C=O) groups is 1. The normalized spacial score (nSPS) is 12.7. The molecule has 1 unspecified atom stereocenters. The highest BCUT2D eigenvalue weighted by atomic mass is 16.5. The lowest BCUT2D eigenvalue weighted by molar-refractivity contribution is -0.127.